The lowest BCUT2D eigenvalue weighted by Gasteiger charge is -2.20. The molecule has 0 aliphatic rings. The topological polar surface area (TPSA) is 20.2 Å². The van der Waals surface area contributed by atoms with Gasteiger partial charge in [0.2, 0.25) is 0 Å². The van der Waals surface area contributed by atoms with Gasteiger partial charge in [-0.1, -0.05) is 143 Å². The maximum Gasteiger partial charge on any atom is 0.121 e. The minimum atomic E-state index is 0.448. The zero-order chi connectivity index (χ0) is 23.6. The lowest BCUT2D eigenvalue weighted by molar-refractivity contribution is 0.452. The molecule has 0 saturated carbocycles. The third kappa shape index (κ3) is 12.3. The van der Waals surface area contributed by atoms with Crippen molar-refractivity contribution in [2.45, 2.75) is 162 Å². The fourth-order valence-corrected chi connectivity index (χ4v) is 4.99. The molecule has 1 aromatic carbocycles. The largest absolute Gasteiger partial charge is 0.507 e. The maximum absolute atomic E-state index is 10.7. The van der Waals surface area contributed by atoms with Gasteiger partial charge in [-0.15, -0.1) is 0 Å². The number of rotatable bonds is 20. The molecule has 0 heterocycles. The second-order valence-corrected chi connectivity index (χ2v) is 10.6. The maximum atomic E-state index is 10.7. The highest BCUT2D eigenvalue weighted by atomic mass is 16.3. The number of phenolic OH excluding ortho intramolecular Hbond substituents is 1. The van der Waals surface area contributed by atoms with E-state index in [4.69, 9.17) is 0 Å². The number of hydrogen-bond acceptors (Lipinski definition) is 1. The minimum Gasteiger partial charge on any atom is -0.507 e. The molecule has 0 radical (unpaired) electrons. The highest BCUT2D eigenvalue weighted by Crippen LogP contribution is 2.36. The van der Waals surface area contributed by atoms with Crippen molar-refractivity contribution in [2.75, 3.05) is 0 Å². The summed E-state index contributed by atoms with van der Waals surface area (Å²) in [5.74, 6) is 1.58. The first-order valence-corrected chi connectivity index (χ1v) is 14.3. The van der Waals surface area contributed by atoms with Gasteiger partial charge in [-0.25, -0.2) is 0 Å². The van der Waals surface area contributed by atoms with Gasteiger partial charge in [0.05, 0.1) is 0 Å². The van der Waals surface area contributed by atoms with Crippen LogP contribution >= 0.6 is 0 Å². The van der Waals surface area contributed by atoms with Crippen LogP contribution in [0.25, 0.3) is 0 Å². The van der Waals surface area contributed by atoms with Gasteiger partial charge in [0, 0.05) is 0 Å². The third-order valence-corrected chi connectivity index (χ3v) is 7.43. The summed E-state index contributed by atoms with van der Waals surface area (Å²) < 4.78 is 0. The second-order valence-electron chi connectivity index (χ2n) is 10.6. The van der Waals surface area contributed by atoms with Crippen LogP contribution in [0.2, 0.25) is 0 Å². The molecule has 0 fully saturated rings. The molecular weight excluding hydrogens is 388 g/mol. The molecule has 0 bridgehead atoms. The van der Waals surface area contributed by atoms with Crippen LogP contribution in [0.5, 0.6) is 5.75 Å². The molecule has 2 unspecified atom stereocenters. The Hall–Kier alpha value is -0.980. The lowest BCUT2D eigenvalue weighted by Crippen LogP contribution is -2.01. The number of phenols is 1. The fraction of sp³-hybridized carbons (Fsp3) is 0.806. The lowest BCUT2D eigenvalue weighted by atomic mass is 9.86. The summed E-state index contributed by atoms with van der Waals surface area (Å²) in [7, 11) is 0. The molecular formula is C31H56O. The van der Waals surface area contributed by atoms with Crippen molar-refractivity contribution in [2.24, 2.45) is 0 Å². The summed E-state index contributed by atoms with van der Waals surface area (Å²) in [5, 5.41) is 10.7. The smallest absolute Gasteiger partial charge is 0.121 e. The predicted octanol–water partition coefficient (Wildman–Crippen LogP) is 11.0. The van der Waals surface area contributed by atoms with E-state index in [1.54, 1.807) is 0 Å². The average Bonchev–Trinajstić information content (AvgIpc) is 2.78. The van der Waals surface area contributed by atoms with Crippen LogP contribution < -0.4 is 0 Å². The summed E-state index contributed by atoms with van der Waals surface area (Å²) in [6, 6.07) is 4.56. The SMILES string of the molecule is CCCCCCCCCCC(C)c1cc(C)c(O)c(C(C)CCCCCCCCCC)c1. The van der Waals surface area contributed by atoms with Gasteiger partial charge in [0.15, 0.2) is 0 Å². The highest BCUT2D eigenvalue weighted by molar-refractivity contribution is 5.45. The van der Waals surface area contributed by atoms with Crippen LogP contribution in [0, 0.1) is 6.92 Å². The van der Waals surface area contributed by atoms with Crippen molar-refractivity contribution < 1.29 is 5.11 Å². The molecule has 0 amide bonds. The number of hydrogen-bond donors (Lipinski definition) is 1. The van der Waals surface area contributed by atoms with Gasteiger partial charge < -0.3 is 5.11 Å². The molecule has 0 aliphatic heterocycles. The van der Waals surface area contributed by atoms with Crippen LogP contribution in [0.4, 0.5) is 0 Å². The van der Waals surface area contributed by atoms with Gasteiger partial charge in [-0.2, -0.15) is 0 Å². The van der Waals surface area contributed by atoms with E-state index >= 15 is 0 Å². The van der Waals surface area contributed by atoms with E-state index in [0.29, 0.717) is 17.6 Å². The van der Waals surface area contributed by atoms with Crippen LogP contribution in [-0.4, -0.2) is 5.11 Å². The molecule has 0 saturated heterocycles. The molecule has 1 rings (SSSR count). The summed E-state index contributed by atoms with van der Waals surface area (Å²) in [5.41, 5.74) is 3.68. The monoisotopic (exact) mass is 444 g/mol. The summed E-state index contributed by atoms with van der Waals surface area (Å²) >= 11 is 0. The molecule has 1 heteroatoms. The van der Waals surface area contributed by atoms with Crippen molar-refractivity contribution in [1.29, 1.82) is 0 Å². The normalized spacial score (nSPS) is 13.4. The van der Waals surface area contributed by atoms with Crippen LogP contribution in [0.3, 0.4) is 0 Å². The van der Waals surface area contributed by atoms with Gasteiger partial charge in [-0.3, -0.25) is 0 Å². The number of aromatic hydroxyl groups is 1. The molecule has 186 valence electrons. The van der Waals surface area contributed by atoms with Crippen molar-refractivity contribution >= 4 is 0 Å². The molecule has 32 heavy (non-hydrogen) atoms. The quantitative estimate of drug-likeness (QED) is 0.198. The van der Waals surface area contributed by atoms with Crippen molar-refractivity contribution in [3.63, 3.8) is 0 Å². The number of benzene rings is 1. The van der Waals surface area contributed by atoms with Crippen LogP contribution in [0.15, 0.2) is 12.1 Å². The summed E-state index contributed by atoms with van der Waals surface area (Å²) in [6.07, 6.45) is 24.5. The Labute approximate surface area is 201 Å². The van der Waals surface area contributed by atoms with Gasteiger partial charge in [0.1, 0.15) is 5.75 Å². The Morgan fingerprint density at radius 2 is 1.00 bits per heavy atom. The Bertz CT molecular complexity index is 576. The Kier molecular flexibility index (Phi) is 16.7. The molecule has 0 aliphatic carbocycles. The molecule has 1 aromatic rings. The van der Waals surface area contributed by atoms with Gasteiger partial charge >= 0.3 is 0 Å². The molecule has 0 aromatic heterocycles. The Morgan fingerprint density at radius 3 is 1.47 bits per heavy atom. The Morgan fingerprint density at radius 1 is 0.594 bits per heavy atom. The van der Waals surface area contributed by atoms with Crippen LogP contribution in [0.1, 0.15) is 172 Å². The first-order chi connectivity index (χ1) is 15.5. The summed E-state index contributed by atoms with van der Waals surface area (Å²) in [4.78, 5) is 0. The average molecular weight is 445 g/mol. The van der Waals surface area contributed by atoms with Crippen molar-refractivity contribution in [3.8, 4) is 5.75 Å². The second kappa shape index (κ2) is 18.4. The minimum absolute atomic E-state index is 0.448. The molecule has 0 spiro atoms. The Balaban J connectivity index is 2.40. The van der Waals surface area contributed by atoms with E-state index in [1.165, 1.54) is 127 Å². The van der Waals surface area contributed by atoms with Gasteiger partial charge in [-0.05, 0) is 48.3 Å². The van der Waals surface area contributed by atoms with E-state index in [1.807, 2.05) is 0 Å². The van der Waals surface area contributed by atoms with E-state index in [0.717, 1.165) is 5.56 Å². The van der Waals surface area contributed by atoms with Crippen molar-refractivity contribution in [3.05, 3.63) is 28.8 Å². The standard InChI is InChI=1S/C31H56O/c1-6-8-10-12-14-16-18-20-22-26(3)29-24-28(5)31(32)30(25-29)27(4)23-21-19-17-15-13-11-9-7-2/h24-27,32H,6-23H2,1-5H3. The molecule has 2 atom stereocenters. The van der Waals surface area contributed by atoms with Crippen LogP contribution in [-0.2, 0) is 0 Å². The number of aryl methyl sites for hydroxylation is 1. The molecule has 1 nitrogen and oxygen atoms in total. The molecule has 1 N–H and O–H groups in total. The van der Waals surface area contributed by atoms with E-state index in [2.05, 4.69) is 46.8 Å². The van der Waals surface area contributed by atoms with Crippen molar-refractivity contribution in [1.82, 2.24) is 0 Å². The summed E-state index contributed by atoms with van der Waals surface area (Å²) in [6.45, 7) is 11.3. The van der Waals surface area contributed by atoms with Gasteiger partial charge in [0.25, 0.3) is 0 Å². The predicted molar refractivity (Wildman–Crippen MR) is 144 cm³/mol. The first kappa shape index (κ1) is 29.1. The first-order valence-electron chi connectivity index (χ1n) is 14.3. The third-order valence-electron chi connectivity index (χ3n) is 7.43. The number of unbranched alkanes of at least 4 members (excludes halogenated alkanes) is 14. The highest BCUT2D eigenvalue weighted by Gasteiger charge is 2.16. The zero-order valence-corrected chi connectivity index (χ0v) is 22.5. The van der Waals surface area contributed by atoms with E-state index < -0.39 is 0 Å². The van der Waals surface area contributed by atoms with E-state index in [-0.39, 0.29) is 0 Å². The van der Waals surface area contributed by atoms with E-state index in [9.17, 15) is 5.11 Å². The fourth-order valence-electron chi connectivity index (χ4n) is 4.99. The zero-order valence-electron chi connectivity index (χ0n) is 22.5.